The Kier molecular flexibility index (Phi) is 4.77. The molecule has 0 N–H and O–H groups in total. The van der Waals surface area contributed by atoms with Crippen molar-refractivity contribution in [2.75, 3.05) is 26.4 Å². The molecule has 0 spiro atoms. The van der Waals surface area contributed by atoms with Crippen LogP contribution in [0.5, 0.6) is 0 Å². The third-order valence-electron chi connectivity index (χ3n) is 2.07. The molecule has 0 aromatic carbocycles. The molecule has 1 rings (SSSR count). The number of hydrogen-bond acceptors (Lipinski definition) is 5. The van der Waals surface area contributed by atoms with E-state index in [-0.39, 0.29) is 0 Å². The molecule has 1 heterocycles. The number of carbonyl (C=O) groups is 1. The molecule has 1 aliphatic heterocycles. The smallest absolute Gasteiger partial charge is 0.410 e. The summed E-state index contributed by atoms with van der Waals surface area (Å²) >= 11 is 0. The highest BCUT2D eigenvalue weighted by Gasteiger charge is 2.54. The molecule has 1 atom stereocenters. The van der Waals surface area contributed by atoms with Crippen molar-refractivity contribution in [2.45, 2.75) is 26.6 Å². The van der Waals surface area contributed by atoms with Crippen LogP contribution < -0.4 is 0 Å². The van der Waals surface area contributed by atoms with Crippen LogP contribution in [0.15, 0.2) is 0 Å². The van der Waals surface area contributed by atoms with Crippen LogP contribution in [-0.2, 0) is 18.3 Å². The van der Waals surface area contributed by atoms with Gasteiger partial charge >= 0.3 is 13.7 Å². The van der Waals surface area contributed by atoms with Crippen LogP contribution in [0, 0.1) is 0 Å². The first-order chi connectivity index (χ1) is 7.59. The van der Waals surface area contributed by atoms with Gasteiger partial charge in [0.2, 0.25) is 0 Å². The van der Waals surface area contributed by atoms with Gasteiger partial charge in [-0.2, -0.15) is 0 Å². The fraction of sp³-hybridized carbons (Fsp3) is 0.889. The first kappa shape index (κ1) is 13.5. The Morgan fingerprint density at radius 3 is 2.25 bits per heavy atom. The van der Waals surface area contributed by atoms with Gasteiger partial charge in [0.05, 0.1) is 26.4 Å². The molecule has 0 aromatic heterocycles. The highest BCUT2D eigenvalue weighted by Crippen LogP contribution is 2.59. The summed E-state index contributed by atoms with van der Waals surface area (Å²) in [7, 11) is -3.19. The van der Waals surface area contributed by atoms with E-state index in [0.717, 1.165) is 0 Å². The molecule has 94 valence electrons. The van der Waals surface area contributed by atoms with E-state index in [1.54, 1.807) is 20.8 Å². The van der Waals surface area contributed by atoms with Gasteiger partial charge in [0.1, 0.15) is 0 Å². The van der Waals surface area contributed by atoms with Crippen molar-refractivity contribution in [3.05, 3.63) is 0 Å². The SMILES string of the molecule is CCOC(=O)N1CC1P(=O)(OCC)OCC. The summed E-state index contributed by atoms with van der Waals surface area (Å²) in [5.41, 5.74) is 0. The summed E-state index contributed by atoms with van der Waals surface area (Å²) in [5.74, 6) is -0.480. The fourth-order valence-electron chi connectivity index (χ4n) is 1.37. The molecule has 1 aliphatic rings. The lowest BCUT2D eigenvalue weighted by Gasteiger charge is -2.16. The first-order valence-electron chi connectivity index (χ1n) is 5.41. The number of rotatable bonds is 6. The second kappa shape index (κ2) is 5.66. The summed E-state index contributed by atoms with van der Waals surface area (Å²) < 4.78 is 27.3. The third kappa shape index (κ3) is 2.97. The molecule has 16 heavy (non-hydrogen) atoms. The largest absolute Gasteiger partial charge is 0.450 e. The zero-order chi connectivity index (χ0) is 12.2. The van der Waals surface area contributed by atoms with E-state index in [2.05, 4.69) is 0 Å². The first-order valence-corrected chi connectivity index (χ1v) is 7.02. The van der Waals surface area contributed by atoms with Crippen molar-refractivity contribution in [1.82, 2.24) is 4.90 Å². The molecule has 0 saturated carbocycles. The Morgan fingerprint density at radius 1 is 1.25 bits per heavy atom. The van der Waals surface area contributed by atoms with Crippen LogP contribution >= 0.6 is 7.60 Å². The van der Waals surface area contributed by atoms with E-state index < -0.39 is 19.5 Å². The third-order valence-corrected chi connectivity index (χ3v) is 4.48. The predicted molar refractivity (Wildman–Crippen MR) is 58.4 cm³/mol. The van der Waals surface area contributed by atoms with Crippen LogP contribution in [0.25, 0.3) is 0 Å². The number of nitrogens with zero attached hydrogens (tertiary/aromatic N) is 1. The van der Waals surface area contributed by atoms with Crippen LogP contribution in [0.4, 0.5) is 4.79 Å². The lowest BCUT2D eigenvalue weighted by Crippen LogP contribution is -2.16. The van der Waals surface area contributed by atoms with Gasteiger partial charge in [-0.3, -0.25) is 9.46 Å². The lowest BCUT2D eigenvalue weighted by molar-refractivity contribution is 0.134. The van der Waals surface area contributed by atoms with Gasteiger partial charge in [0.25, 0.3) is 0 Å². The molecular formula is C9H18NO5P. The molecule has 0 aromatic rings. The van der Waals surface area contributed by atoms with E-state index in [9.17, 15) is 9.36 Å². The zero-order valence-electron chi connectivity index (χ0n) is 9.84. The lowest BCUT2D eigenvalue weighted by atomic mass is 10.9. The summed E-state index contributed by atoms with van der Waals surface area (Å²) in [6, 6.07) is 0. The highest BCUT2D eigenvalue weighted by atomic mass is 31.2. The van der Waals surface area contributed by atoms with Crippen LogP contribution in [0.3, 0.4) is 0 Å². The van der Waals surface area contributed by atoms with E-state index in [4.69, 9.17) is 13.8 Å². The normalized spacial score (nSPS) is 19.7. The molecular weight excluding hydrogens is 233 g/mol. The number of carbonyl (C=O) groups excluding carboxylic acids is 1. The Hall–Kier alpha value is -0.580. The molecule has 1 fully saturated rings. The summed E-state index contributed by atoms with van der Waals surface area (Å²) in [5, 5.41) is 0. The van der Waals surface area contributed by atoms with Gasteiger partial charge in [-0.1, -0.05) is 0 Å². The van der Waals surface area contributed by atoms with Gasteiger partial charge in [-0.15, -0.1) is 0 Å². The van der Waals surface area contributed by atoms with Crippen molar-refractivity contribution in [3.63, 3.8) is 0 Å². The Labute approximate surface area is 95.4 Å². The minimum Gasteiger partial charge on any atom is -0.450 e. The molecule has 1 saturated heterocycles. The van der Waals surface area contributed by atoms with Gasteiger partial charge in [-0.05, 0) is 20.8 Å². The second-order valence-electron chi connectivity index (χ2n) is 3.21. The standard InChI is InChI=1S/C9H18NO5P/c1-4-13-9(11)10-7-8(10)16(12,14-5-2)15-6-3/h8H,4-7H2,1-3H3. The number of amides is 1. The fourth-order valence-corrected chi connectivity index (χ4v) is 3.32. The number of hydrogen-bond donors (Lipinski definition) is 0. The molecule has 6 nitrogen and oxygen atoms in total. The van der Waals surface area contributed by atoms with E-state index >= 15 is 0 Å². The Bertz CT molecular complexity index is 286. The molecule has 7 heteroatoms. The molecule has 0 radical (unpaired) electrons. The Morgan fingerprint density at radius 2 is 1.81 bits per heavy atom. The maximum Gasteiger partial charge on any atom is 0.410 e. The Balaban J connectivity index is 2.57. The van der Waals surface area contributed by atoms with Crippen molar-refractivity contribution >= 4 is 13.7 Å². The topological polar surface area (TPSA) is 64.8 Å². The van der Waals surface area contributed by atoms with Gasteiger partial charge in [0, 0.05) is 0 Å². The average Bonchev–Trinajstić information content (AvgIpc) is 2.98. The number of ether oxygens (including phenoxy) is 1. The highest BCUT2D eigenvalue weighted by molar-refractivity contribution is 7.55. The monoisotopic (exact) mass is 251 g/mol. The molecule has 0 bridgehead atoms. The zero-order valence-corrected chi connectivity index (χ0v) is 10.7. The quantitative estimate of drug-likeness (QED) is 0.534. The maximum atomic E-state index is 12.2. The molecule has 1 unspecified atom stereocenters. The minimum absolute atomic E-state index is 0.296. The van der Waals surface area contributed by atoms with Crippen molar-refractivity contribution in [1.29, 1.82) is 0 Å². The van der Waals surface area contributed by atoms with Crippen LogP contribution in [-0.4, -0.2) is 43.1 Å². The van der Waals surface area contributed by atoms with E-state index in [1.165, 1.54) is 4.90 Å². The maximum absolute atomic E-state index is 12.2. The van der Waals surface area contributed by atoms with E-state index in [0.29, 0.717) is 26.4 Å². The van der Waals surface area contributed by atoms with E-state index in [1.807, 2.05) is 0 Å². The average molecular weight is 251 g/mol. The van der Waals surface area contributed by atoms with Crippen LogP contribution in [0.1, 0.15) is 20.8 Å². The summed E-state index contributed by atoms with van der Waals surface area (Å²) in [6.07, 6.45) is -0.466. The summed E-state index contributed by atoms with van der Waals surface area (Å²) in [4.78, 5) is 12.7. The van der Waals surface area contributed by atoms with Crippen molar-refractivity contribution in [3.8, 4) is 0 Å². The van der Waals surface area contributed by atoms with Gasteiger partial charge in [0.15, 0.2) is 5.78 Å². The molecule has 1 amide bonds. The van der Waals surface area contributed by atoms with Gasteiger partial charge in [-0.25, -0.2) is 4.79 Å². The van der Waals surface area contributed by atoms with Crippen molar-refractivity contribution in [2.24, 2.45) is 0 Å². The summed E-state index contributed by atoms with van der Waals surface area (Å²) in [6.45, 7) is 6.47. The second-order valence-corrected chi connectivity index (χ2v) is 5.40. The predicted octanol–water partition coefficient (Wildman–Crippen LogP) is 2.05. The molecule has 0 aliphatic carbocycles. The van der Waals surface area contributed by atoms with Crippen molar-refractivity contribution < 1.29 is 23.1 Å². The van der Waals surface area contributed by atoms with Gasteiger partial charge < -0.3 is 13.8 Å². The minimum atomic E-state index is -3.19. The van der Waals surface area contributed by atoms with Crippen LogP contribution in [0.2, 0.25) is 0 Å².